The highest BCUT2D eigenvalue weighted by Crippen LogP contribution is 2.42. The van der Waals surface area contributed by atoms with Gasteiger partial charge in [0.1, 0.15) is 6.10 Å². The van der Waals surface area contributed by atoms with Gasteiger partial charge in [-0.25, -0.2) is 4.79 Å². The molecule has 1 aromatic carbocycles. The van der Waals surface area contributed by atoms with Crippen molar-refractivity contribution in [2.45, 2.75) is 90.3 Å². The van der Waals surface area contributed by atoms with E-state index in [4.69, 9.17) is 14.2 Å². The van der Waals surface area contributed by atoms with E-state index in [-0.39, 0.29) is 36.8 Å². The Morgan fingerprint density at radius 3 is 2.71 bits per heavy atom. The van der Waals surface area contributed by atoms with Gasteiger partial charge in [-0.15, -0.1) is 0 Å². The van der Waals surface area contributed by atoms with Gasteiger partial charge in [0, 0.05) is 25.9 Å². The van der Waals surface area contributed by atoms with Crippen molar-refractivity contribution in [2.75, 3.05) is 6.61 Å². The van der Waals surface area contributed by atoms with Crippen LogP contribution in [0.3, 0.4) is 0 Å². The summed E-state index contributed by atoms with van der Waals surface area (Å²) in [5, 5.41) is 9.31. The number of aliphatic hydroxyl groups excluding tert-OH is 1. The minimum Gasteiger partial charge on any atom is -0.458 e. The monoisotopic (exact) mass is 430 g/mol. The van der Waals surface area contributed by atoms with Gasteiger partial charge in [0.25, 0.3) is 0 Å². The lowest BCUT2D eigenvalue weighted by molar-refractivity contribution is -0.331. The van der Waals surface area contributed by atoms with Gasteiger partial charge in [-0.1, -0.05) is 43.7 Å². The van der Waals surface area contributed by atoms with E-state index in [9.17, 15) is 9.90 Å². The molecule has 6 atom stereocenters. The molecule has 1 spiro atoms. The van der Waals surface area contributed by atoms with E-state index in [0.29, 0.717) is 24.3 Å². The van der Waals surface area contributed by atoms with E-state index < -0.39 is 5.79 Å². The molecule has 0 unspecified atom stereocenters. The molecular weight excluding hydrogens is 392 g/mol. The van der Waals surface area contributed by atoms with Gasteiger partial charge in [0.2, 0.25) is 0 Å². The molecule has 0 amide bonds. The number of allylic oxidation sites excluding steroid dienone is 1. The van der Waals surface area contributed by atoms with E-state index in [1.165, 1.54) is 5.57 Å². The third kappa shape index (κ3) is 6.64. The molecule has 2 saturated heterocycles. The molecule has 0 radical (unpaired) electrons. The van der Waals surface area contributed by atoms with Crippen LogP contribution < -0.4 is 0 Å². The first-order valence-electron chi connectivity index (χ1n) is 11.7. The third-order valence-corrected chi connectivity index (χ3v) is 6.62. The summed E-state index contributed by atoms with van der Waals surface area (Å²) in [7, 11) is 0. The number of aliphatic hydroxyl groups is 1. The van der Waals surface area contributed by atoms with Crippen molar-refractivity contribution in [3.05, 3.63) is 47.5 Å². The minimum atomic E-state index is -0.684. The fraction of sp³-hybridized carbons (Fsp3) is 0.654. The van der Waals surface area contributed by atoms with Gasteiger partial charge in [-0.2, -0.15) is 0 Å². The van der Waals surface area contributed by atoms with Crippen LogP contribution in [0.15, 0.2) is 42.0 Å². The summed E-state index contributed by atoms with van der Waals surface area (Å²) < 4.78 is 18.9. The molecule has 0 aromatic heterocycles. The van der Waals surface area contributed by atoms with Gasteiger partial charge in [-0.3, -0.25) is 0 Å². The summed E-state index contributed by atoms with van der Waals surface area (Å²) >= 11 is 0. The Morgan fingerprint density at radius 2 is 2.03 bits per heavy atom. The van der Waals surface area contributed by atoms with Crippen LogP contribution in [-0.2, 0) is 14.2 Å². The number of hydrogen-bond acceptors (Lipinski definition) is 5. The van der Waals surface area contributed by atoms with Gasteiger partial charge in [0.15, 0.2) is 5.79 Å². The first-order valence-corrected chi connectivity index (χ1v) is 11.7. The number of hydrogen-bond donors (Lipinski definition) is 1. The Kier molecular flexibility index (Phi) is 8.31. The lowest BCUT2D eigenvalue weighted by atomic mass is 9.86. The van der Waals surface area contributed by atoms with Crippen molar-refractivity contribution < 1.29 is 24.1 Å². The predicted molar refractivity (Wildman–Crippen MR) is 121 cm³/mol. The third-order valence-electron chi connectivity index (χ3n) is 6.62. The maximum absolute atomic E-state index is 12.7. The van der Waals surface area contributed by atoms with Crippen LogP contribution in [0, 0.1) is 11.8 Å². The molecule has 0 aliphatic carbocycles. The Balaban J connectivity index is 1.71. The zero-order chi connectivity index (χ0) is 22.4. The summed E-state index contributed by atoms with van der Waals surface area (Å²) in [5.41, 5.74) is 1.81. The first-order chi connectivity index (χ1) is 14.8. The largest absolute Gasteiger partial charge is 0.458 e. The zero-order valence-electron chi connectivity index (χ0n) is 19.4. The second-order valence-corrected chi connectivity index (χ2v) is 9.60. The molecule has 0 bridgehead atoms. The molecule has 5 nitrogen and oxygen atoms in total. The van der Waals surface area contributed by atoms with Gasteiger partial charge < -0.3 is 19.3 Å². The molecule has 2 fully saturated rings. The number of benzene rings is 1. The van der Waals surface area contributed by atoms with Crippen LogP contribution in [0.4, 0.5) is 0 Å². The maximum Gasteiger partial charge on any atom is 0.338 e. The van der Waals surface area contributed by atoms with Crippen LogP contribution in [-0.4, -0.2) is 41.8 Å². The standard InChI is InChI=1S/C26H38O5/c1-18(14-19(2)17-27)10-11-23-15-24(29-25(28)22-8-6-5-7-9-22)16-26(31-23)13-12-20(3)21(4)30-26/h5-10,19-21,23-24,27H,11-17H2,1-4H3/b18-10+/t19-,20+,21-,23-,24+,26+/m1/s1. The number of carbonyl (C=O) groups excluding carboxylic acids is 1. The van der Waals surface area contributed by atoms with E-state index in [1.807, 2.05) is 25.1 Å². The summed E-state index contributed by atoms with van der Waals surface area (Å²) in [4.78, 5) is 12.7. The fourth-order valence-electron chi connectivity index (χ4n) is 4.61. The van der Waals surface area contributed by atoms with Gasteiger partial charge in [-0.05, 0) is 57.1 Å². The molecule has 2 aliphatic heterocycles. The molecule has 3 rings (SSSR count). The highest BCUT2D eigenvalue weighted by atomic mass is 16.7. The molecule has 2 heterocycles. The van der Waals surface area contributed by atoms with Crippen molar-refractivity contribution in [2.24, 2.45) is 11.8 Å². The van der Waals surface area contributed by atoms with Crippen LogP contribution in [0.1, 0.15) is 76.6 Å². The van der Waals surface area contributed by atoms with Crippen molar-refractivity contribution in [1.82, 2.24) is 0 Å². The molecule has 0 saturated carbocycles. The average Bonchev–Trinajstić information content (AvgIpc) is 2.75. The molecular formula is C26H38O5. The molecule has 2 aliphatic rings. The Hall–Kier alpha value is -1.69. The van der Waals surface area contributed by atoms with Crippen LogP contribution in [0.5, 0.6) is 0 Å². The summed E-state index contributed by atoms with van der Waals surface area (Å²) in [6.45, 7) is 8.64. The number of ether oxygens (including phenoxy) is 3. The van der Waals surface area contributed by atoms with Crippen LogP contribution in [0.25, 0.3) is 0 Å². The van der Waals surface area contributed by atoms with Crippen molar-refractivity contribution in [3.8, 4) is 0 Å². The fourth-order valence-corrected chi connectivity index (χ4v) is 4.61. The lowest BCUT2D eigenvalue weighted by Gasteiger charge is -2.49. The highest BCUT2D eigenvalue weighted by Gasteiger charge is 2.47. The Labute approximate surface area is 186 Å². The number of rotatable bonds is 7. The minimum absolute atomic E-state index is 0.0673. The van der Waals surface area contributed by atoms with Crippen LogP contribution >= 0.6 is 0 Å². The normalized spacial score (nSPS) is 32.6. The van der Waals surface area contributed by atoms with Crippen LogP contribution in [0.2, 0.25) is 0 Å². The summed E-state index contributed by atoms with van der Waals surface area (Å²) in [6.07, 6.45) is 6.70. The smallest absolute Gasteiger partial charge is 0.338 e. The highest BCUT2D eigenvalue weighted by molar-refractivity contribution is 5.89. The topological polar surface area (TPSA) is 65.0 Å². The molecule has 172 valence electrons. The quantitative estimate of drug-likeness (QED) is 0.471. The average molecular weight is 431 g/mol. The molecule has 1 aromatic rings. The molecule has 1 N–H and O–H groups in total. The second kappa shape index (κ2) is 10.8. The summed E-state index contributed by atoms with van der Waals surface area (Å²) in [6, 6.07) is 9.15. The van der Waals surface area contributed by atoms with E-state index in [1.54, 1.807) is 12.1 Å². The van der Waals surface area contributed by atoms with Gasteiger partial charge >= 0.3 is 5.97 Å². The first kappa shape index (κ1) is 24.0. The second-order valence-electron chi connectivity index (χ2n) is 9.60. The lowest BCUT2D eigenvalue weighted by Crippen LogP contribution is -2.53. The number of carbonyl (C=O) groups is 1. The van der Waals surface area contributed by atoms with Crippen molar-refractivity contribution >= 4 is 5.97 Å². The predicted octanol–water partition coefficient (Wildman–Crippen LogP) is 5.28. The molecule has 5 heteroatoms. The van der Waals surface area contributed by atoms with E-state index in [0.717, 1.165) is 25.7 Å². The van der Waals surface area contributed by atoms with E-state index >= 15 is 0 Å². The Morgan fingerprint density at radius 1 is 1.29 bits per heavy atom. The maximum atomic E-state index is 12.7. The van der Waals surface area contributed by atoms with Crippen molar-refractivity contribution in [3.63, 3.8) is 0 Å². The SMILES string of the molecule is C/C(=C\C[C@@H]1C[C@H](OC(=O)c2ccccc2)C[C@]2(CC[C@H](C)[C@@H](C)O2)O1)C[C@@H](C)CO. The molecule has 31 heavy (non-hydrogen) atoms. The number of esters is 1. The van der Waals surface area contributed by atoms with Crippen molar-refractivity contribution in [1.29, 1.82) is 0 Å². The van der Waals surface area contributed by atoms with Gasteiger partial charge in [0.05, 0.1) is 17.8 Å². The Bertz CT molecular complexity index is 745. The summed E-state index contributed by atoms with van der Waals surface area (Å²) in [5.74, 6) is -0.237. The zero-order valence-corrected chi connectivity index (χ0v) is 19.4. The van der Waals surface area contributed by atoms with E-state index in [2.05, 4.69) is 26.8 Å².